The number of rotatable bonds is 9. The average Bonchev–Trinajstić information content (AvgIpc) is 3.39. The third-order valence-electron chi connectivity index (χ3n) is 9.00. The van der Waals surface area contributed by atoms with E-state index < -0.39 is 122 Å². The van der Waals surface area contributed by atoms with Crippen LogP contribution in [0, 0.1) is 0 Å². The van der Waals surface area contributed by atoms with Crippen molar-refractivity contribution in [1.29, 1.82) is 0 Å². The van der Waals surface area contributed by atoms with E-state index in [-0.39, 0.29) is 28.4 Å². The molecule has 280 valence electrons. The molecular formula is C32H38O19. The molecule has 3 fully saturated rings. The highest BCUT2D eigenvalue weighted by Gasteiger charge is 2.50. The van der Waals surface area contributed by atoms with Gasteiger partial charge in [-0.1, -0.05) is 0 Å². The number of aliphatic hydroxyl groups is 9. The maximum atomic E-state index is 13.8. The minimum absolute atomic E-state index is 0.129. The third kappa shape index (κ3) is 6.97. The van der Waals surface area contributed by atoms with Gasteiger partial charge in [0.15, 0.2) is 12.1 Å². The number of benzene rings is 2. The fourth-order valence-electron chi connectivity index (χ4n) is 5.87. The van der Waals surface area contributed by atoms with E-state index in [4.69, 9.17) is 32.8 Å². The van der Waals surface area contributed by atoms with Crippen molar-refractivity contribution in [2.75, 3.05) is 19.8 Å². The van der Waals surface area contributed by atoms with Crippen LogP contribution in [0.25, 0.3) is 22.3 Å². The Bertz CT molecular complexity index is 1750. The summed E-state index contributed by atoms with van der Waals surface area (Å²) in [5, 5.41) is 113. The Morgan fingerprint density at radius 2 is 1.49 bits per heavy atom. The number of hydrogen-bond donors (Lipinski definition) is 11. The molecule has 3 aliphatic heterocycles. The van der Waals surface area contributed by atoms with Crippen molar-refractivity contribution in [3.8, 4) is 34.3 Å². The van der Waals surface area contributed by atoms with Crippen LogP contribution in [0.3, 0.4) is 0 Å². The minimum Gasteiger partial charge on any atom is -0.508 e. The van der Waals surface area contributed by atoms with Crippen LogP contribution >= 0.6 is 0 Å². The smallest absolute Gasteiger partial charge is 0.239 e. The summed E-state index contributed by atoms with van der Waals surface area (Å²) >= 11 is 0. The van der Waals surface area contributed by atoms with Gasteiger partial charge in [-0.2, -0.15) is 0 Å². The summed E-state index contributed by atoms with van der Waals surface area (Å²) in [5.74, 6) is -1.96. The summed E-state index contributed by atoms with van der Waals surface area (Å²) in [6.45, 7) is -0.551. The molecule has 11 N–H and O–H groups in total. The lowest BCUT2D eigenvalue weighted by atomic mass is 9.98. The second-order valence-electron chi connectivity index (χ2n) is 12.6. The monoisotopic (exact) mass is 726 g/mol. The van der Waals surface area contributed by atoms with Gasteiger partial charge in [-0.25, -0.2) is 0 Å². The number of hydrogen-bond acceptors (Lipinski definition) is 19. The van der Waals surface area contributed by atoms with E-state index in [1.54, 1.807) is 0 Å². The molecule has 19 nitrogen and oxygen atoms in total. The Morgan fingerprint density at radius 1 is 0.824 bits per heavy atom. The second-order valence-corrected chi connectivity index (χ2v) is 12.6. The summed E-state index contributed by atoms with van der Waals surface area (Å²) < 4.78 is 39.1. The lowest BCUT2D eigenvalue weighted by Gasteiger charge is -2.42. The molecule has 0 aliphatic carbocycles. The number of phenols is 2. The zero-order valence-corrected chi connectivity index (χ0v) is 26.7. The Morgan fingerprint density at radius 3 is 2.16 bits per heavy atom. The molecule has 3 aliphatic rings. The standard InChI is InChI=1S/C32H38O19/c1-11-19(36)22(39)24(41)29(47-11)45-8-17-20(37)23(40)25(42)30(50-17)48-14-6-15(35)18-16(7-14)49-26(12-2-4-13(34)5-3-12)27(21(18)38)51-31-28(43)32(44,9-33)10-46-31/h2-7,11,17,19-20,22-25,28-31,33-37,39-44H,8-10H2,1H3/t11?,17?,19-,20-,22?,23-,24-,25?,28+,29+,30+,31-,32?/m0/s1. The largest absolute Gasteiger partial charge is 0.508 e. The van der Waals surface area contributed by atoms with E-state index in [0.29, 0.717) is 0 Å². The number of fused-ring (bicyclic) bond motifs is 1. The van der Waals surface area contributed by atoms with Crippen molar-refractivity contribution in [2.24, 2.45) is 0 Å². The van der Waals surface area contributed by atoms with Crippen LogP contribution in [0.15, 0.2) is 45.6 Å². The van der Waals surface area contributed by atoms with Crippen LogP contribution in [0.5, 0.6) is 23.0 Å². The van der Waals surface area contributed by atoms with Crippen molar-refractivity contribution in [1.82, 2.24) is 0 Å². The fraction of sp³-hybridized carbons (Fsp3) is 0.531. The molecule has 2 aromatic carbocycles. The van der Waals surface area contributed by atoms with Gasteiger partial charge in [-0.3, -0.25) is 4.79 Å². The second kappa shape index (κ2) is 14.4. The first kappa shape index (κ1) is 37.1. The molecule has 0 amide bonds. The van der Waals surface area contributed by atoms with Gasteiger partial charge < -0.3 is 89.0 Å². The summed E-state index contributed by atoms with van der Waals surface area (Å²) in [6, 6.07) is 7.37. The normalized spacial score (nSPS) is 37.1. The number of aromatic hydroxyl groups is 2. The molecule has 0 spiro atoms. The Balaban J connectivity index is 1.28. The van der Waals surface area contributed by atoms with Crippen LogP contribution in [0.4, 0.5) is 0 Å². The molecule has 3 aromatic rings. The van der Waals surface area contributed by atoms with Crippen molar-refractivity contribution < 1.29 is 89.0 Å². The van der Waals surface area contributed by atoms with Gasteiger partial charge >= 0.3 is 0 Å². The van der Waals surface area contributed by atoms with Crippen molar-refractivity contribution in [3.05, 3.63) is 46.6 Å². The van der Waals surface area contributed by atoms with Crippen molar-refractivity contribution in [2.45, 2.75) is 86.3 Å². The molecule has 51 heavy (non-hydrogen) atoms. The fourth-order valence-corrected chi connectivity index (χ4v) is 5.87. The van der Waals surface area contributed by atoms with Gasteiger partial charge in [0.2, 0.25) is 23.8 Å². The highest BCUT2D eigenvalue weighted by Crippen LogP contribution is 2.39. The van der Waals surface area contributed by atoms with E-state index in [2.05, 4.69) is 0 Å². The van der Waals surface area contributed by atoms with Crippen LogP contribution < -0.4 is 14.9 Å². The molecule has 0 bridgehead atoms. The lowest BCUT2D eigenvalue weighted by molar-refractivity contribution is -0.318. The van der Waals surface area contributed by atoms with E-state index in [0.717, 1.165) is 12.1 Å². The van der Waals surface area contributed by atoms with Gasteiger partial charge in [0, 0.05) is 17.7 Å². The topological polar surface area (TPSA) is 308 Å². The molecular weight excluding hydrogens is 688 g/mol. The van der Waals surface area contributed by atoms with Crippen LogP contribution in [-0.4, -0.2) is 155 Å². The summed E-state index contributed by atoms with van der Waals surface area (Å²) in [4.78, 5) is 13.8. The maximum absolute atomic E-state index is 13.8. The number of ether oxygens (including phenoxy) is 6. The van der Waals surface area contributed by atoms with Crippen LogP contribution in [0.2, 0.25) is 0 Å². The summed E-state index contributed by atoms with van der Waals surface area (Å²) in [6.07, 6.45) is -19.1. The average molecular weight is 727 g/mol. The molecule has 1 aromatic heterocycles. The van der Waals surface area contributed by atoms with E-state index in [9.17, 15) is 61.0 Å². The Labute approximate surface area is 287 Å². The first-order chi connectivity index (χ1) is 24.1. The number of aliphatic hydroxyl groups excluding tert-OH is 8. The summed E-state index contributed by atoms with van der Waals surface area (Å²) in [7, 11) is 0. The minimum atomic E-state index is -2.09. The maximum Gasteiger partial charge on any atom is 0.239 e. The van der Waals surface area contributed by atoms with Crippen molar-refractivity contribution in [3.63, 3.8) is 0 Å². The number of phenolic OH excluding ortho intramolecular Hbond substituents is 2. The first-order valence-corrected chi connectivity index (χ1v) is 15.7. The first-order valence-electron chi connectivity index (χ1n) is 15.7. The Hall–Kier alpha value is -3.67. The van der Waals surface area contributed by atoms with Crippen LogP contribution in [0.1, 0.15) is 6.92 Å². The molecule has 13 atom stereocenters. The molecule has 6 rings (SSSR count). The molecule has 5 unspecified atom stereocenters. The molecule has 3 saturated heterocycles. The highest BCUT2D eigenvalue weighted by atomic mass is 16.7. The molecule has 0 radical (unpaired) electrons. The Kier molecular flexibility index (Phi) is 10.5. The van der Waals surface area contributed by atoms with Gasteiger partial charge in [-0.05, 0) is 31.2 Å². The quantitative estimate of drug-likeness (QED) is 0.103. The molecule has 4 heterocycles. The summed E-state index contributed by atoms with van der Waals surface area (Å²) in [5.41, 5.74) is -3.19. The zero-order chi connectivity index (χ0) is 36.9. The van der Waals surface area contributed by atoms with E-state index in [1.165, 1.54) is 31.2 Å². The molecule has 0 saturated carbocycles. The van der Waals surface area contributed by atoms with Gasteiger partial charge in [0.25, 0.3) is 0 Å². The SMILES string of the molecule is CC1O[C@@H](OCC2O[C@@H](Oc3cc(O)c4c(=O)c(O[C@@H]5OCC(O)(CO)[C@@H]5O)c(-c5ccc(O)cc5)oc4c3)C(O)[C@@H](O)[C@H]2O)[C@@H](O)C(O)[C@H]1O. The van der Waals surface area contributed by atoms with Gasteiger partial charge in [0.05, 0.1) is 25.9 Å². The molecule has 19 heteroatoms. The van der Waals surface area contributed by atoms with Crippen LogP contribution in [-0.2, 0) is 18.9 Å². The highest BCUT2D eigenvalue weighted by molar-refractivity contribution is 5.88. The van der Waals surface area contributed by atoms with Crippen molar-refractivity contribution >= 4 is 11.0 Å². The zero-order valence-electron chi connectivity index (χ0n) is 26.7. The predicted molar refractivity (Wildman–Crippen MR) is 165 cm³/mol. The predicted octanol–water partition coefficient (Wildman–Crippen LogP) is -3.28. The van der Waals surface area contributed by atoms with E-state index >= 15 is 0 Å². The third-order valence-corrected chi connectivity index (χ3v) is 9.00. The van der Waals surface area contributed by atoms with Gasteiger partial charge in [0.1, 0.15) is 82.7 Å². The van der Waals surface area contributed by atoms with E-state index in [1.807, 2.05) is 0 Å². The van der Waals surface area contributed by atoms with Gasteiger partial charge in [-0.15, -0.1) is 0 Å². The lowest BCUT2D eigenvalue weighted by Crippen LogP contribution is -2.61.